The zero-order valence-corrected chi connectivity index (χ0v) is 15.4. The second-order valence-electron chi connectivity index (χ2n) is 7.17. The predicted octanol–water partition coefficient (Wildman–Crippen LogP) is 3.51. The number of nitrogens with zero attached hydrogens (tertiary/aromatic N) is 3. The van der Waals surface area contributed by atoms with E-state index in [-0.39, 0.29) is 5.69 Å². The molecule has 4 aromatic rings. The van der Waals surface area contributed by atoms with Crippen LogP contribution in [0.1, 0.15) is 37.1 Å². The molecule has 0 bridgehead atoms. The van der Waals surface area contributed by atoms with E-state index in [1.165, 1.54) is 16.5 Å². The van der Waals surface area contributed by atoms with Crippen LogP contribution in [0.15, 0.2) is 16.9 Å². The number of aromatic amines is 2. The first-order chi connectivity index (χ1) is 12.6. The summed E-state index contributed by atoms with van der Waals surface area (Å²) in [6.07, 6.45) is 3.19. The van der Waals surface area contributed by atoms with Crippen LogP contribution >= 0.6 is 0 Å². The van der Waals surface area contributed by atoms with Crippen molar-refractivity contribution < 1.29 is 0 Å². The number of H-pyrrole nitrogens is 2. The lowest BCUT2D eigenvalue weighted by Gasteiger charge is -2.02. The molecule has 1 aliphatic rings. The summed E-state index contributed by atoms with van der Waals surface area (Å²) < 4.78 is 3.73. The van der Waals surface area contributed by atoms with Crippen LogP contribution in [-0.2, 0) is 25.9 Å². The number of rotatable bonds is 2. The average molecular weight is 349 g/mol. The maximum absolute atomic E-state index is 12.7. The van der Waals surface area contributed by atoms with Crippen LogP contribution < -0.4 is 5.69 Å². The molecule has 0 aliphatic heterocycles. The molecule has 0 spiro atoms. The number of imidazole rings is 1. The van der Waals surface area contributed by atoms with Gasteiger partial charge in [0.2, 0.25) is 0 Å². The molecule has 0 atom stereocenters. The van der Waals surface area contributed by atoms with Crippen molar-refractivity contribution in [3.8, 4) is 11.4 Å². The zero-order valence-electron chi connectivity index (χ0n) is 15.4. The van der Waals surface area contributed by atoms with Crippen LogP contribution in [0.4, 0.5) is 0 Å². The highest BCUT2D eigenvalue weighted by Crippen LogP contribution is 2.37. The number of aryl methyl sites for hydroxylation is 4. The first-order valence-electron chi connectivity index (χ1n) is 9.45. The molecule has 134 valence electrons. The zero-order chi connectivity index (χ0) is 18.0. The first kappa shape index (κ1) is 15.5. The van der Waals surface area contributed by atoms with Crippen molar-refractivity contribution >= 4 is 21.9 Å². The summed E-state index contributed by atoms with van der Waals surface area (Å²) in [4.78, 5) is 16.3. The molecular weight excluding hydrogens is 326 g/mol. The smallest absolute Gasteiger partial charge is 0.329 e. The van der Waals surface area contributed by atoms with Gasteiger partial charge in [0.15, 0.2) is 0 Å². The standard InChI is InChI=1S/C20H23N5O/c1-4-24-16-9-14-13-8-6-7-12-11(3)22-23-19(12)18(13)21-15(14)10-17(16)25(5-2)20(24)26/h9-10,21H,4-8H2,1-3H3,(H,22,23). The van der Waals surface area contributed by atoms with Gasteiger partial charge in [-0.1, -0.05) is 0 Å². The van der Waals surface area contributed by atoms with Crippen molar-refractivity contribution in [3.05, 3.63) is 39.4 Å². The Morgan fingerprint density at radius 1 is 1.08 bits per heavy atom. The molecule has 3 aromatic heterocycles. The van der Waals surface area contributed by atoms with Crippen LogP contribution in [0.5, 0.6) is 0 Å². The summed E-state index contributed by atoms with van der Waals surface area (Å²) in [6, 6.07) is 4.33. The number of benzene rings is 1. The summed E-state index contributed by atoms with van der Waals surface area (Å²) in [5.41, 5.74) is 9.20. The van der Waals surface area contributed by atoms with Crippen molar-refractivity contribution in [2.45, 2.75) is 53.1 Å². The maximum Gasteiger partial charge on any atom is 0.329 e. The number of fused-ring (bicyclic) bond motifs is 6. The second kappa shape index (κ2) is 5.37. The minimum atomic E-state index is 0.0777. The summed E-state index contributed by atoms with van der Waals surface area (Å²) in [5.74, 6) is 0. The highest BCUT2D eigenvalue weighted by molar-refractivity contribution is 5.99. The van der Waals surface area contributed by atoms with Gasteiger partial charge in [-0.3, -0.25) is 14.2 Å². The lowest BCUT2D eigenvalue weighted by atomic mass is 10.1. The minimum Gasteiger partial charge on any atom is -0.353 e. The quantitative estimate of drug-likeness (QED) is 0.581. The molecule has 2 N–H and O–H groups in total. The summed E-state index contributed by atoms with van der Waals surface area (Å²) in [6.45, 7) is 7.51. The molecule has 0 saturated heterocycles. The van der Waals surface area contributed by atoms with E-state index < -0.39 is 0 Å². The molecule has 0 radical (unpaired) electrons. The highest BCUT2D eigenvalue weighted by Gasteiger charge is 2.24. The summed E-state index contributed by atoms with van der Waals surface area (Å²) >= 11 is 0. The normalized spacial score (nSPS) is 14.0. The third kappa shape index (κ3) is 1.87. The van der Waals surface area contributed by atoms with Crippen molar-refractivity contribution in [3.63, 3.8) is 0 Å². The Labute approximate surface area is 150 Å². The third-order valence-electron chi connectivity index (χ3n) is 5.84. The number of nitrogens with one attached hydrogen (secondary N) is 2. The largest absolute Gasteiger partial charge is 0.353 e. The van der Waals surface area contributed by atoms with Gasteiger partial charge in [0.05, 0.1) is 16.7 Å². The van der Waals surface area contributed by atoms with Gasteiger partial charge in [-0.25, -0.2) is 4.79 Å². The monoisotopic (exact) mass is 349 g/mol. The molecule has 1 aromatic carbocycles. The molecule has 26 heavy (non-hydrogen) atoms. The lowest BCUT2D eigenvalue weighted by Crippen LogP contribution is -2.23. The van der Waals surface area contributed by atoms with Crippen LogP contribution in [0.25, 0.3) is 33.3 Å². The average Bonchev–Trinajstić information content (AvgIpc) is 3.20. The fourth-order valence-corrected chi connectivity index (χ4v) is 4.54. The highest BCUT2D eigenvalue weighted by atomic mass is 16.1. The molecule has 0 unspecified atom stereocenters. The van der Waals surface area contributed by atoms with E-state index in [0.29, 0.717) is 13.1 Å². The number of aromatic nitrogens is 5. The van der Waals surface area contributed by atoms with Crippen molar-refractivity contribution in [1.29, 1.82) is 0 Å². The Hall–Kier alpha value is -2.76. The molecule has 6 nitrogen and oxygen atoms in total. The van der Waals surface area contributed by atoms with Gasteiger partial charge < -0.3 is 4.98 Å². The molecule has 1 aliphatic carbocycles. The van der Waals surface area contributed by atoms with Crippen molar-refractivity contribution in [1.82, 2.24) is 24.3 Å². The molecule has 0 saturated carbocycles. The molecule has 6 heteroatoms. The Morgan fingerprint density at radius 3 is 2.50 bits per heavy atom. The van der Waals surface area contributed by atoms with Crippen LogP contribution in [0.3, 0.4) is 0 Å². The van der Waals surface area contributed by atoms with Crippen LogP contribution in [-0.4, -0.2) is 24.3 Å². The van der Waals surface area contributed by atoms with E-state index in [0.717, 1.165) is 52.9 Å². The van der Waals surface area contributed by atoms with Gasteiger partial charge in [-0.05, 0) is 57.7 Å². The Kier molecular flexibility index (Phi) is 3.20. The molecule has 0 amide bonds. The number of hydrogen-bond donors (Lipinski definition) is 2. The molecule has 5 rings (SSSR count). The Morgan fingerprint density at radius 2 is 1.77 bits per heavy atom. The topological polar surface area (TPSA) is 71.4 Å². The number of hydrogen-bond acceptors (Lipinski definition) is 2. The predicted molar refractivity (Wildman–Crippen MR) is 104 cm³/mol. The van der Waals surface area contributed by atoms with E-state index in [1.54, 1.807) is 0 Å². The lowest BCUT2D eigenvalue weighted by molar-refractivity contribution is 0.671. The van der Waals surface area contributed by atoms with E-state index in [2.05, 4.69) is 34.2 Å². The van der Waals surface area contributed by atoms with Gasteiger partial charge in [0, 0.05) is 35.2 Å². The fourth-order valence-electron chi connectivity index (χ4n) is 4.54. The summed E-state index contributed by atoms with van der Waals surface area (Å²) in [5, 5.41) is 8.94. The van der Waals surface area contributed by atoms with Gasteiger partial charge >= 0.3 is 5.69 Å². The fraction of sp³-hybridized carbons (Fsp3) is 0.400. The van der Waals surface area contributed by atoms with Crippen LogP contribution in [0.2, 0.25) is 0 Å². The molecule has 3 heterocycles. The van der Waals surface area contributed by atoms with E-state index in [9.17, 15) is 4.79 Å². The van der Waals surface area contributed by atoms with Crippen molar-refractivity contribution in [2.24, 2.45) is 0 Å². The van der Waals surface area contributed by atoms with Gasteiger partial charge in [0.1, 0.15) is 5.69 Å². The molecular formula is C20H23N5O. The minimum absolute atomic E-state index is 0.0777. The Balaban J connectivity index is 1.88. The third-order valence-corrected chi connectivity index (χ3v) is 5.84. The molecule has 0 fully saturated rings. The summed E-state index contributed by atoms with van der Waals surface area (Å²) in [7, 11) is 0. The Bertz CT molecular complexity index is 1220. The van der Waals surface area contributed by atoms with Gasteiger partial charge in [-0.2, -0.15) is 5.10 Å². The van der Waals surface area contributed by atoms with Crippen molar-refractivity contribution in [2.75, 3.05) is 0 Å². The van der Waals surface area contributed by atoms with E-state index in [1.807, 2.05) is 23.0 Å². The van der Waals surface area contributed by atoms with E-state index >= 15 is 0 Å². The first-order valence-corrected chi connectivity index (χ1v) is 9.45. The van der Waals surface area contributed by atoms with Gasteiger partial charge in [-0.15, -0.1) is 0 Å². The maximum atomic E-state index is 12.7. The van der Waals surface area contributed by atoms with Gasteiger partial charge in [0.25, 0.3) is 0 Å². The second-order valence-corrected chi connectivity index (χ2v) is 7.17. The van der Waals surface area contributed by atoms with E-state index in [4.69, 9.17) is 0 Å². The SMILES string of the molecule is CCn1c(=O)n(CC)c2cc3c4c([nH]c3cc21)-c1n[nH]c(C)c1CCC4. The van der Waals surface area contributed by atoms with Crippen LogP contribution in [0, 0.1) is 6.92 Å².